The first-order valence-corrected chi connectivity index (χ1v) is 7.46. The smallest absolute Gasteiger partial charge is 0.244 e. The van der Waals surface area contributed by atoms with E-state index in [1.807, 2.05) is 6.92 Å². The molecule has 0 saturated carbocycles. The molecule has 1 aliphatic rings. The molecule has 2 rings (SSSR count). The molecule has 6 heteroatoms. The van der Waals surface area contributed by atoms with Crippen molar-refractivity contribution >= 4 is 11.6 Å². The molecule has 1 heterocycles. The fourth-order valence-electron chi connectivity index (χ4n) is 2.87. The first-order chi connectivity index (χ1) is 10.6. The molecule has 6 nitrogen and oxygen atoms in total. The molecule has 1 aromatic carbocycles. The summed E-state index contributed by atoms with van der Waals surface area (Å²) in [4.78, 5) is 12.6. The third-order valence-corrected chi connectivity index (χ3v) is 4.20. The van der Waals surface area contributed by atoms with E-state index in [9.17, 15) is 4.79 Å². The molecule has 1 aromatic rings. The average Bonchev–Trinajstić information content (AvgIpc) is 3.04. The topological polar surface area (TPSA) is 68.8 Å². The molecule has 1 atom stereocenters. The lowest BCUT2D eigenvalue weighted by Gasteiger charge is -2.27. The Morgan fingerprint density at radius 2 is 1.86 bits per heavy atom. The summed E-state index contributed by atoms with van der Waals surface area (Å²) in [6, 6.07) is 3.47. The molecule has 0 radical (unpaired) electrons. The molecule has 2 N–H and O–H groups in total. The minimum atomic E-state index is -0.486. The third kappa shape index (κ3) is 2.97. The van der Waals surface area contributed by atoms with Crippen LogP contribution in [0.2, 0.25) is 0 Å². The van der Waals surface area contributed by atoms with Crippen molar-refractivity contribution < 1.29 is 19.0 Å². The molecule has 0 aliphatic carbocycles. The Morgan fingerprint density at radius 3 is 2.27 bits per heavy atom. The van der Waals surface area contributed by atoms with Gasteiger partial charge in [-0.1, -0.05) is 6.92 Å². The van der Waals surface area contributed by atoms with E-state index in [-0.39, 0.29) is 5.91 Å². The van der Waals surface area contributed by atoms with E-state index in [0.717, 1.165) is 25.8 Å². The second kappa shape index (κ2) is 6.87. The van der Waals surface area contributed by atoms with Gasteiger partial charge >= 0.3 is 0 Å². The number of anilines is 1. The summed E-state index contributed by atoms with van der Waals surface area (Å²) in [5, 5.41) is 6.28. The maximum Gasteiger partial charge on any atom is 0.244 e. The van der Waals surface area contributed by atoms with Gasteiger partial charge in [-0.2, -0.15) is 0 Å². The number of benzene rings is 1. The number of nitrogens with one attached hydrogen (secondary N) is 2. The van der Waals surface area contributed by atoms with Gasteiger partial charge in [0.2, 0.25) is 11.7 Å². The SMILES string of the molecule is CCC1(C(=O)Nc2cc(OC)c(OC)c(OC)c2)CCCN1. The monoisotopic (exact) mass is 308 g/mol. The van der Waals surface area contributed by atoms with Crippen LogP contribution in [0.4, 0.5) is 5.69 Å². The molecule has 1 saturated heterocycles. The molecule has 122 valence electrons. The van der Waals surface area contributed by atoms with Gasteiger partial charge in [0.15, 0.2) is 11.5 Å². The van der Waals surface area contributed by atoms with Crippen LogP contribution >= 0.6 is 0 Å². The van der Waals surface area contributed by atoms with Gasteiger partial charge in [-0.05, 0) is 25.8 Å². The van der Waals surface area contributed by atoms with Gasteiger partial charge in [-0.25, -0.2) is 0 Å². The largest absolute Gasteiger partial charge is 0.493 e. The first kappa shape index (κ1) is 16.4. The lowest BCUT2D eigenvalue weighted by Crippen LogP contribution is -2.50. The predicted octanol–water partition coefficient (Wildman–Crippen LogP) is 2.18. The van der Waals surface area contributed by atoms with Crippen LogP contribution in [-0.4, -0.2) is 39.3 Å². The fourth-order valence-corrected chi connectivity index (χ4v) is 2.87. The van der Waals surface area contributed by atoms with Crippen LogP contribution in [0.25, 0.3) is 0 Å². The van der Waals surface area contributed by atoms with Crippen molar-refractivity contribution in [2.45, 2.75) is 31.7 Å². The van der Waals surface area contributed by atoms with E-state index in [2.05, 4.69) is 10.6 Å². The van der Waals surface area contributed by atoms with Crippen LogP contribution in [0, 0.1) is 0 Å². The Balaban J connectivity index is 2.27. The maximum atomic E-state index is 12.6. The summed E-state index contributed by atoms with van der Waals surface area (Å²) in [7, 11) is 4.65. The van der Waals surface area contributed by atoms with E-state index >= 15 is 0 Å². The van der Waals surface area contributed by atoms with Gasteiger partial charge in [0.05, 0.1) is 26.9 Å². The van der Waals surface area contributed by atoms with Crippen molar-refractivity contribution in [2.75, 3.05) is 33.2 Å². The molecular formula is C16H24N2O4. The summed E-state index contributed by atoms with van der Waals surface area (Å²) < 4.78 is 15.9. The fraction of sp³-hybridized carbons (Fsp3) is 0.562. The van der Waals surface area contributed by atoms with Crippen LogP contribution in [0.1, 0.15) is 26.2 Å². The number of carbonyl (C=O) groups is 1. The number of amides is 1. The predicted molar refractivity (Wildman–Crippen MR) is 85.0 cm³/mol. The minimum absolute atomic E-state index is 0.0261. The number of hydrogen-bond acceptors (Lipinski definition) is 5. The highest BCUT2D eigenvalue weighted by atomic mass is 16.5. The standard InChI is InChI=1S/C16H24N2O4/c1-5-16(7-6-8-17-16)15(19)18-11-9-12(20-2)14(22-4)13(10-11)21-3/h9-10,17H,5-8H2,1-4H3,(H,18,19). The van der Waals surface area contributed by atoms with Gasteiger partial charge in [0.1, 0.15) is 0 Å². The Hall–Kier alpha value is -1.95. The highest BCUT2D eigenvalue weighted by Crippen LogP contribution is 2.40. The van der Waals surface area contributed by atoms with Crippen molar-refractivity contribution in [1.29, 1.82) is 0 Å². The Bertz CT molecular complexity index is 514. The molecule has 1 aliphatic heterocycles. The van der Waals surface area contributed by atoms with Gasteiger partial charge in [-0.15, -0.1) is 0 Å². The Labute approximate surface area is 131 Å². The van der Waals surface area contributed by atoms with Gasteiger partial charge < -0.3 is 24.8 Å². The number of methoxy groups -OCH3 is 3. The second-order valence-electron chi connectivity index (χ2n) is 5.33. The molecule has 1 unspecified atom stereocenters. The summed E-state index contributed by atoms with van der Waals surface area (Å²) in [5.41, 5.74) is 0.140. The van der Waals surface area contributed by atoms with Gasteiger partial charge in [0, 0.05) is 17.8 Å². The van der Waals surface area contributed by atoms with E-state index in [4.69, 9.17) is 14.2 Å². The third-order valence-electron chi connectivity index (χ3n) is 4.20. The molecule has 1 amide bonds. The number of carbonyl (C=O) groups excluding carboxylic acids is 1. The maximum absolute atomic E-state index is 12.6. The summed E-state index contributed by atoms with van der Waals surface area (Å²) in [6.07, 6.45) is 2.61. The average molecular weight is 308 g/mol. The van der Waals surface area contributed by atoms with E-state index < -0.39 is 5.54 Å². The zero-order valence-electron chi connectivity index (χ0n) is 13.6. The number of hydrogen-bond donors (Lipinski definition) is 2. The van der Waals surface area contributed by atoms with E-state index in [1.54, 1.807) is 33.5 Å². The van der Waals surface area contributed by atoms with Crippen molar-refractivity contribution in [3.63, 3.8) is 0 Å². The van der Waals surface area contributed by atoms with Crippen LogP contribution in [0.15, 0.2) is 12.1 Å². The Kier molecular flexibility index (Phi) is 5.13. The van der Waals surface area contributed by atoms with Crippen LogP contribution in [0.5, 0.6) is 17.2 Å². The molecule has 0 aromatic heterocycles. The van der Waals surface area contributed by atoms with Gasteiger partial charge in [-0.3, -0.25) is 4.79 Å². The highest BCUT2D eigenvalue weighted by molar-refractivity contribution is 5.98. The van der Waals surface area contributed by atoms with Crippen LogP contribution in [-0.2, 0) is 4.79 Å². The molecule has 0 bridgehead atoms. The minimum Gasteiger partial charge on any atom is -0.493 e. The highest BCUT2D eigenvalue weighted by Gasteiger charge is 2.39. The van der Waals surface area contributed by atoms with Crippen molar-refractivity contribution in [3.8, 4) is 17.2 Å². The zero-order valence-corrected chi connectivity index (χ0v) is 13.6. The normalized spacial score (nSPS) is 20.5. The molecule has 22 heavy (non-hydrogen) atoms. The van der Waals surface area contributed by atoms with Gasteiger partial charge in [0.25, 0.3) is 0 Å². The van der Waals surface area contributed by atoms with Crippen molar-refractivity contribution in [2.24, 2.45) is 0 Å². The first-order valence-electron chi connectivity index (χ1n) is 7.46. The number of ether oxygens (including phenoxy) is 3. The van der Waals surface area contributed by atoms with Crippen molar-refractivity contribution in [1.82, 2.24) is 5.32 Å². The van der Waals surface area contributed by atoms with Crippen LogP contribution in [0.3, 0.4) is 0 Å². The molecule has 0 spiro atoms. The van der Waals surface area contributed by atoms with Crippen LogP contribution < -0.4 is 24.8 Å². The summed E-state index contributed by atoms with van der Waals surface area (Å²) in [5.74, 6) is 1.51. The van der Waals surface area contributed by atoms with E-state index in [0.29, 0.717) is 22.9 Å². The quantitative estimate of drug-likeness (QED) is 0.843. The lowest BCUT2D eigenvalue weighted by atomic mass is 9.93. The summed E-state index contributed by atoms with van der Waals surface area (Å²) >= 11 is 0. The summed E-state index contributed by atoms with van der Waals surface area (Å²) in [6.45, 7) is 2.89. The lowest BCUT2D eigenvalue weighted by molar-refractivity contribution is -0.122. The number of rotatable bonds is 6. The molecular weight excluding hydrogens is 284 g/mol. The zero-order chi connectivity index (χ0) is 16.2. The van der Waals surface area contributed by atoms with E-state index in [1.165, 1.54) is 0 Å². The Morgan fingerprint density at radius 1 is 1.23 bits per heavy atom. The second-order valence-corrected chi connectivity index (χ2v) is 5.33. The molecule has 1 fully saturated rings. The van der Waals surface area contributed by atoms with Crippen molar-refractivity contribution in [3.05, 3.63) is 12.1 Å².